The second-order valence-electron chi connectivity index (χ2n) is 11.9. The van der Waals surface area contributed by atoms with E-state index in [-0.39, 0.29) is 32.1 Å². The first-order chi connectivity index (χ1) is 22.9. The van der Waals surface area contributed by atoms with Gasteiger partial charge in [0.15, 0.2) is 5.41 Å². The number of imide groups is 2. The number of carbonyl (C=O) groups excluding carboxylic acids is 6. The van der Waals surface area contributed by atoms with Crippen molar-refractivity contribution in [2.75, 3.05) is 33.4 Å². The number of benzene rings is 2. The lowest BCUT2D eigenvalue weighted by molar-refractivity contribution is -0.170. The Morgan fingerprint density at radius 2 is 1.40 bits per heavy atom. The minimum Gasteiger partial charge on any atom is -0.497 e. The van der Waals surface area contributed by atoms with Crippen molar-refractivity contribution in [3.63, 3.8) is 0 Å². The lowest BCUT2D eigenvalue weighted by atomic mass is 9.74. The molecule has 256 valence electrons. The molecule has 2 fully saturated rings. The van der Waals surface area contributed by atoms with Crippen LogP contribution in [0.5, 0.6) is 5.75 Å². The molecule has 2 aromatic carbocycles. The molecule has 0 spiro atoms. The highest BCUT2D eigenvalue weighted by Gasteiger charge is 2.52. The SMILES string of the molecule is C=CCOC(=O)C1(C)CCCCN(C(=O)c2ccc(OC)cc2)C1=O.C=CCOC(=O)C1(Cc2ccccc2)CCCN(C(C)=O)C1=O. The van der Waals surface area contributed by atoms with Crippen LogP contribution in [0.15, 0.2) is 79.9 Å². The Morgan fingerprint density at radius 1 is 0.792 bits per heavy atom. The van der Waals surface area contributed by atoms with Crippen LogP contribution < -0.4 is 4.74 Å². The third-order valence-electron chi connectivity index (χ3n) is 8.48. The van der Waals surface area contributed by atoms with E-state index in [1.54, 1.807) is 31.2 Å². The largest absolute Gasteiger partial charge is 0.497 e. The highest BCUT2D eigenvalue weighted by Crippen LogP contribution is 2.37. The van der Waals surface area contributed by atoms with Crippen molar-refractivity contribution >= 4 is 35.6 Å². The quantitative estimate of drug-likeness (QED) is 0.154. The lowest BCUT2D eigenvalue weighted by Gasteiger charge is -2.38. The highest BCUT2D eigenvalue weighted by molar-refractivity contribution is 6.12. The van der Waals surface area contributed by atoms with Crippen molar-refractivity contribution in [2.24, 2.45) is 10.8 Å². The number of carbonyl (C=O) groups is 6. The number of ether oxygens (including phenoxy) is 3. The number of methoxy groups -OCH3 is 1. The second kappa shape index (κ2) is 17.2. The van der Waals surface area contributed by atoms with Crippen LogP contribution in [-0.2, 0) is 39.9 Å². The van der Waals surface area contributed by atoms with E-state index in [0.29, 0.717) is 50.0 Å². The van der Waals surface area contributed by atoms with E-state index in [0.717, 1.165) is 15.4 Å². The molecule has 11 nitrogen and oxygen atoms in total. The molecule has 0 saturated carbocycles. The third-order valence-corrected chi connectivity index (χ3v) is 8.48. The number of piperidine rings is 1. The van der Waals surface area contributed by atoms with Gasteiger partial charge in [-0.3, -0.25) is 38.6 Å². The smallest absolute Gasteiger partial charge is 0.322 e. The monoisotopic (exact) mass is 660 g/mol. The van der Waals surface area contributed by atoms with Crippen molar-refractivity contribution in [1.29, 1.82) is 0 Å². The van der Waals surface area contributed by atoms with Gasteiger partial charge in [-0.05, 0) is 68.9 Å². The molecule has 4 rings (SSSR count). The van der Waals surface area contributed by atoms with Gasteiger partial charge in [-0.1, -0.05) is 62.1 Å². The Hall–Kier alpha value is -5.06. The summed E-state index contributed by atoms with van der Waals surface area (Å²) in [4.78, 5) is 77.7. The number of rotatable bonds is 10. The first-order valence-electron chi connectivity index (χ1n) is 15.9. The van der Waals surface area contributed by atoms with Gasteiger partial charge in [-0.15, -0.1) is 0 Å². The minimum atomic E-state index is -1.36. The maximum absolute atomic E-state index is 13.0. The summed E-state index contributed by atoms with van der Waals surface area (Å²) in [6.45, 7) is 10.6. The standard InChI is InChI=1S/C19H23NO5.C18H21NO4/c1-4-13-25-18(23)19(2)11-5-6-12-20(17(19)22)16(21)14-7-9-15(24-3)10-8-14;1-3-12-23-17(22)18(13-15-8-5-4-6-9-15)10-7-11-19(14(2)20)16(18)21/h4,7-10H,1,5-6,11-13H2,2-3H3;3-6,8-9H,1,7,10-13H2,2H3. The van der Waals surface area contributed by atoms with Crippen LogP contribution in [0.1, 0.15) is 61.9 Å². The summed E-state index contributed by atoms with van der Waals surface area (Å²) in [7, 11) is 1.54. The average molecular weight is 661 g/mol. The molecule has 48 heavy (non-hydrogen) atoms. The summed E-state index contributed by atoms with van der Waals surface area (Å²) >= 11 is 0. The summed E-state index contributed by atoms with van der Waals surface area (Å²) in [5, 5.41) is 0. The average Bonchev–Trinajstić information content (AvgIpc) is 3.25. The van der Waals surface area contributed by atoms with Gasteiger partial charge in [-0.2, -0.15) is 0 Å². The van der Waals surface area contributed by atoms with Gasteiger partial charge >= 0.3 is 11.9 Å². The normalized spacial score (nSPS) is 20.7. The molecule has 4 amide bonds. The Balaban J connectivity index is 0.000000261. The molecule has 2 aliphatic rings. The van der Waals surface area contributed by atoms with Gasteiger partial charge in [0, 0.05) is 25.6 Å². The van der Waals surface area contributed by atoms with Gasteiger partial charge in [-0.25, -0.2) is 0 Å². The molecule has 2 unspecified atom stereocenters. The summed E-state index contributed by atoms with van der Waals surface area (Å²) in [6.07, 6.45) is 5.77. The number of esters is 2. The zero-order valence-corrected chi connectivity index (χ0v) is 27.9. The summed E-state index contributed by atoms with van der Waals surface area (Å²) < 4.78 is 15.4. The predicted octanol–water partition coefficient (Wildman–Crippen LogP) is 4.70. The molecule has 0 bridgehead atoms. The molecule has 2 aliphatic heterocycles. The van der Waals surface area contributed by atoms with E-state index in [9.17, 15) is 28.8 Å². The molecular formula is C37H44N2O9. The first kappa shape index (κ1) is 37.4. The molecule has 0 radical (unpaired) electrons. The Bertz CT molecular complexity index is 1500. The third kappa shape index (κ3) is 8.64. The Morgan fingerprint density at radius 3 is 1.98 bits per heavy atom. The van der Waals surface area contributed by atoms with Crippen LogP contribution in [-0.4, -0.2) is 78.8 Å². The highest BCUT2D eigenvalue weighted by atomic mass is 16.5. The van der Waals surface area contributed by atoms with Gasteiger partial charge in [0.05, 0.1) is 7.11 Å². The first-order valence-corrected chi connectivity index (χ1v) is 15.9. The van der Waals surface area contributed by atoms with E-state index in [1.807, 2.05) is 30.3 Å². The molecule has 2 saturated heterocycles. The van der Waals surface area contributed by atoms with Gasteiger partial charge in [0.25, 0.3) is 5.91 Å². The molecule has 2 atom stereocenters. The maximum atomic E-state index is 13.0. The molecular weight excluding hydrogens is 616 g/mol. The number of hydrogen-bond acceptors (Lipinski definition) is 9. The molecule has 0 N–H and O–H groups in total. The van der Waals surface area contributed by atoms with Crippen molar-refractivity contribution in [2.45, 2.75) is 52.4 Å². The number of amides is 4. The van der Waals surface area contributed by atoms with Gasteiger partial charge < -0.3 is 14.2 Å². The fourth-order valence-corrected chi connectivity index (χ4v) is 5.77. The number of hydrogen-bond donors (Lipinski definition) is 0. The molecule has 2 heterocycles. The van der Waals surface area contributed by atoms with Crippen LogP contribution in [0, 0.1) is 10.8 Å². The molecule has 11 heteroatoms. The van der Waals surface area contributed by atoms with Gasteiger partial charge in [0.1, 0.15) is 24.4 Å². The summed E-state index contributed by atoms with van der Waals surface area (Å²) in [5.74, 6) is -2.32. The molecule has 2 aromatic rings. The van der Waals surface area contributed by atoms with Crippen molar-refractivity contribution < 1.29 is 43.0 Å². The van der Waals surface area contributed by atoms with Crippen molar-refractivity contribution in [1.82, 2.24) is 9.80 Å². The van der Waals surface area contributed by atoms with Crippen LogP contribution >= 0.6 is 0 Å². The van der Waals surface area contributed by atoms with Crippen LogP contribution in [0.3, 0.4) is 0 Å². The van der Waals surface area contributed by atoms with Gasteiger partial charge in [0.2, 0.25) is 17.7 Å². The lowest BCUT2D eigenvalue weighted by Crippen LogP contribution is -2.55. The molecule has 0 aromatic heterocycles. The fraction of sp³-hybridized carbons (Fsp3) is 0.405. The second-order valence-corrected chi connectivity index (χ2v) is 11.9. The topological polar surface area (TPSA) is 137 Å². The number of likely N-dealkylation sites (tertiary alicyclic amines) is 2. The predicted molar refractivity (Wildman–Crippen MR) is 178 cm³/mol. The van der Waals surface area contributed by atoms with Crippen LogP contribution in [0.2, 0.25) is 0 Å². The van der Waals surface area contributed by atoms with E-state index in [4.69, 9.17) is 14.2 Å². The zero-order valence-electron chi connectivity index (χ0n) is 27.9. The van der Waals surface area contributed by atoms with E-state index in [2.05, 4.69) is 13.2 Å². The number of nitrogens with zero attached hydrogens (tertiary/aromatic N) is 2. The minimum absolute atomic E-state index is 0.0358. The zero-order chi connectivity index (χ0) is 35.3. The molecule has 0 aliphatic carbocycles. The van der Waals surface area contributed by atoms with Crippen molar-refractivity contribution in [3.05, 3.63) is 91.0 Å². The summed E-state index contributed by atoms with van der Waals surface area (Å²) in [5.41, 5.74) is -1.46. The van der Waals surface area contributed by atoms with Crippen LogP contribution in [0.25, 0.3) is 0 Å². The Labute approximate surface area is 281 Å². The van der Waals surface area contributed by atoms with E-state index >= 15 is 0 Å². The van der Waals surface area contributed by atoms with E-state index < -0.39 is 40.5 Å². The summed E-state index contributed by atoms with van der Waals surface area (Å²) in [6, 6.07) is 15.8. The maximum Gasteiger partial charge on any atom is 0.322 e. The Kier molecular flexibility index (Phi) is 13.4. The van der Waals surface area contributed by atoms with Crippen molar-refractivity contribution in [3.8, 4) is 5.75 Å². The van der Waals surface area contributed by atoms with E-state index in [1.165, 1.54) is 26.2 Å². The van der Waals surface area contributed by atoms with Crippen LogP contribution in [0.4, 0.5) is 0 Å². The fourth-order valence-electron chi connectivity index (χ4n) is 5.77.